The Kier molecular flexibility index (Phi) is 5.26. The van der Waals surface area contributed by atoms with E-state index < -0.39 is 5.97 Å². The monoisotopic (exact) mass is 290 g/mol. The first-order chi connectivity index (χ1) is 10.1. The second-order valence-corrected chi connectivity index (χ2v) is 5.77. The molecule has 1 fully saturated rings. The molecule has 4 heteroatoms. The maximum absolute atomic E-state index is 11.3. The van der Waals surface area contributed by atoms with Crippen LogP contribution < -0.4 is 0 Å². The minimum atomic E-state index is -0.918. The average Bonchev–Trinajstić information content (AvgIpc) is 2.48. The second-order valence-electron chi connectivity index (χ2n) is 5.77. The Hall–Kier alpha value is -1.97. The van der Waals surface area contributed by atoms with Gasteiger partial charge in [0, 0.05) is 5.57 Å². The Morgan fingerprint density at radius 1 is 1.14 bits per heavy atom. The summed E-state index contributed by atoms with van der Waals surface area (Å²) >= 11 is 0. The van der Waals surface area contributed by atoms with Crippen LogP contribution in [0.15, 0.2) is 23.8 Å². The van der Waals surface area contributed by atoms with Gasteiger partial charge in [-0.05, 0) is 42.5 Å². The van der Waals surface area contributed by atoms with Crippen LogP contribution in [0.4, 0.5) is 0 Å². The van der Waals surface area contributed by atoms with Crippen LogP contribution in [-0.4, -0.2) is 21.3 Å². The molecule has 0 unspecified atom stereocenters. The van der Waals surface area contributed by atoms with Crippen LogP contribution in [0.2, 0.25) is 0 Å². The van der Waals surface area contributed by atoms with Gasteiger partial charge >= 0.3 is 5.97 Å². The van der Waals surface area contributed by atoms with Crippen molar-refractivity contribution in [3.05, 3.63) is 29.3 Å². The molecule has 0 saturated heterocycles. The summed E-state index contributed by atoms with van der Waals surface area (Å²) in [6.45, 7) is 0. The first-order valence-electron chi connectivity index (χ1n) is 7.52. The number of benzene rings is 1. The van der Waals surface area contributed by atoms with Gasteiger partial charge in [0.2, 0.25) is 0 Å². The number of rotatable bonds is 5. The minimum absolute atomic E-state index is 0.203. The predicted octanol–water partition coefficient (Wildman–Crippen LogP) is 3.93. The number of hydrogen-bond acceptors (Lipinski definition) is 3. The number of carboxylic acids is 1. The van der Waals surface area contributed by atoms with E-state index in [4.69, 9.17) is 0 Å². The molecular weight excluding hydrogens is 268 g/mol. The molecule has 1 aromatic carbocycles. The molecule has 0 aliphatic heterocycles. The van der Waals surface area contributed by atoms with E-state index in [2.05, 4.69) is 0 Å². The summed E-state index contributed by atoms with van der Waals surface area (Å²) in [5.41, 5.74) is 0.942. The predicted molar refractivity (Wildman–Crippen MR) is 81.2 cm³/mol. The molecule has 0 atom stereocenters. The molecule has 0 aromatic heterocycles. The van der Waals surface area contributed by atoms with Crippen LogP contribution in [-0.2, 0) is 4.79 Å². The largest absolute Gasteiger partial charge is 0.504 e. The molecule has 0 spiro atoms. The first-order valence-corrected chi connectivity index (χ1v) is 7.52. The number of carboxylic acid groups (broad SMARTS) is 1. The number of aromatic hydroxyl groups is 2. The zero-order valence-corrected chi connectivity index (χ0v) is 12.1. The molecule has 3 N–H and O–H groups in total. The van der Waals surface area contributed by atoms with Gasteiger partial charge in [-0.25, -0.2) is 4.79 Å². The molecule has 21 heavy (non-hydrogen) atoms. The van der Waals surface area contributed by atoms with Crippen molar-refractivity contribution in [2.24, 2.45) is 5.92 Å². The van der Waals surface area contributed by atoms with Gasteiger partial charge in [-0.1, -0.05) is 38.2 Å². The van der Waals surface area contributed by atoms with E-state index in [1.165, 1.54) is 44.2 Å². The fourth-order valence-corrected chi connectivity index (χ4v) is 2.91. The van der Waals surface area contributed by atoms with Crippen LogP contribution in [0.3, 0.4) is 0 Å². The number of aliphatic carboxylic acids is 1. The second kappa shape index (κ2) is 7.16. The number of phenols is 2. The maximum Gasteiger partial charge on any atom is 0.331 e. The van der Waals surface area contributed by atoms with Crippen molar-refractivity contribution in [3.8, 4) is 11.5 Å². The van der Waals surface area contributed by atoms with Gasteiger partial charge in [0.1, 0.15) is 0 Å². The average molecular weight is 290 g/mol. The molecule has 4 nitrogen and oxygen atoms in total. The minimum Gasteiger partial charge on any atom is -0.504 e. The van der Waals surface area contributed by atoms with E-state index in [1.54, 1.807) is 12.1 Å². The van der Waals surface area contributed by atoms with Crippen LogP contribution >= 0.6 is 0 Å². The topological polar surface area (TPSA) is 77.8 Å². The highest BCUT2D eigenvalue weighted by atomic mass is 16.4. The lowest BCUT2D eigenvalue weighted by atomic mass is 9.85. The Bertz CT molecular complexity index is 528. The summed E-state index contributed by atoms with van der Waals surface area (Å²) in [5.74, 6) is -0.722. The highest BCUT2D eigenvalue weighted by molar-refractivity contribution is 5.92. The van der Waals surface area contributed by atoms with Gasteiger partial charge < -0.3 is 15.3 Å². The van der Waals surface area contributed by atoms with Crippen molar-refractivity contribution in [1.82, 2.24) is 0 Å². The fourth-order valence-electron chi connectivity index (χ4n) is 2.91. The Morgan fingerprint density at radius 3 is 2.48 bits per heavy atom. The smallest absolute Gasteiger partial charge is 0.331 e. The number of hydrogen-bond donors (Lipinski definition) is 3. The molecule has 0 radical (unpaired) electrons. The van der Waals surface area contributed by atoms with Gasteiger partial charge in [-0.3, -0.25) is 0 Å². The van der Waals surface area contributed by atoms with E-state index in [0.29, 0.717) is 23.5 Å². The van der Waals surface area contributed by atoms with E-state index >= 15 is 0 Å². The van der Waals surface area contributed by atoms with E-state index in [1.807, 2.05) is 0 Å². The standard InChI is InChI=1S/C17H22O4/c18-15-9-7-13(11-16(15)19)10-14(17(20)21)8-6-12-4-2-1-3-5-12/h7,9-12,18-19H,1-6,8H2,(H,20,21)/b14-10+. The molecule has 0 amide bonds. The molecule has 0 bridgehead atoms. The number of phenolic OH excluding ortho intramolecular Hbond substituents is 2. The Morgan fingerprint density at radius 2 is 1.86 bits per heavy atom. The first kappa shape index (κ1) is 15.4. The van der Waals surface area contributed by atoms with E-state index in [9.17, 15) is 20.1 Å². The Labute approximate surface area is 124 Å². The third kappa shape index (κ3) is 4.52. The molecule has 1 aliphatic carbocycles. The normalized spacial score (nSPS) is 16.9. The third-order valence-corrected chi connectivity index (χ3v) is 4.16. The van der Waals surface area contributed by atoms with Crippen molar-refractivity contribution in [1.29, 1.82) is 0 Å². The van der Waals surface area contributed by atoms with Crippen molar-refractivity contribution in [3.63, 3.8) is 0 Å². The summed E-state index contributed by atoms with van der Waals surface area (Å²) < 4.78 is 0. The molecular formula is C17H22O4. The summed E-state index contributed by atoms with van der Waals surface area (Å²) in [7, 11) is 0. The van der Waals surface area contributed by atoms with Crippen molar-refractivity contribution < 1.29 is 20.1 Å². The fraction of sp³-hybridized carbons (Fsp3) is 0.471. The van der Waals surface area contributed by atoms with E-state index in [-0.39, 0.29) is 11.5 Å². The van der Waals surface area contributed by atoms with Gasteiger partial charge in [0.05, 0.1) is 0 Å². The highest BCUT2D eigenvalue weighted by Crippen LogP contribution is 2.30. The summed E-state index contributed by atoms with van der Waals surface area (Å²) in [6.07, 6.45) is 9.23. The SMILES string of the molecule is O=C(O)/C(=C/c1ccc(O)c(O)c1)CCC1CCCCC1. The quantitative estimate of drug-likeness (QED) is 0.567. The lowest BCUT2D eigenvalue weighted by Gasteiger charge is -2.21. The summed E-state index contributed by atoms with van der Waals surface area (Å²) in [5, 5.41) is 28.0. The van der Waals surface area contributed by atoms with Gasteiger partial charge in [-0.2, -0.15) is 0 Å². The van der Waals surface area contributed by atoms with Crippen molar-refractivity contribution >= 4 is 12.0 Å². The zero-order valence-electron chi connectivity index (χ0n) is 12.1. The molecule has 1 aromatic rings. The van der Waals surface area contributed by atoms with Gasteiger partial charge in [-0.15, -0.1) is 0 Å². The molecule has 2 rings (SSSR count). The van der Waals surface area contributed by atoms with Crippen LogP contribution in [0.25, 0.3) is 6.08 Å². The molecule has 0 heterocycles. The summed E-state index contributed by atoms with van der Waals surface area (Å²) in [6, 6.07) is 4.33. The number of carbonyl (C=O) groups is 1. The highest BCUT2D eigenvalue weighted by Gasteiger charge is 2.16. The van der Waals surface area contributed by atoms with Crippen molar-refractivity contribution in [2.75, 3.05) is 0 Å². The summed E-state index contributed by atoms with van der Waals surface area (Å²) in [4.78, 5) is 11.3. The van der Waals surface area contributed by atoms with Crippen LogP contribution in [0.1, 0.15) is 50.5 Å². The molecule has 114 valence electrons. The molecule has 1 aliphatic rings. The van der Waals surface area contributed by atoms with Crippen LogP contribution in [0.5, 0.6) is 11.5 Å². The van der Waals surface area contributed by atoms with Crippen LogP contribution in [0, 0.1) is 5.92 Å². The van der Waals surface area contributed by atoms with Crippen molar-refractivity contribution in [2.45, 2.75) is 44.9 Å². The zero-order chi connectivity index (χ0) is 15.2. The maximum atomic E-state index is 11.3. The van der Waals surface area contributed by atoms with E-state index in [0.717, 1.165) is 6.42 Å². The van der Waals surface area contributed by atoms with Gasteiger partial charge in [0.25, 0.3) is 0 Å². The third-order valence-electron chi connectivity index (χ3n) is 4.16. The lowest BCUT2D eigenvalue weighted by Crippen LogP contribution is -2.08. The molecule has 1 saturated carbocycles. The van der Waals surface area contributed by atoms with Gasteiger partial charge in [0.15, 0.2) is 11.5 Å². The Balaban J connectivity index is 2.04. The lowest BCUT2D eigenvalue weighted by molar-refractivity contribution is -0.132.